The Morgan fingerprint density at radius 1 is 0.580 bits per heavy atom. The van der Waals surface area contributed by atoms with E-state index in [2.05, 4.69) is 26.3 Å². The summed E-state index contributed by atoms with van der Waals surface area (Å²) in [6, 6.07) is 27.2. The number of rotatable bonds is 17. The van der Waals surface area contributed by atoms with Crippen LogP contribution in [0.15, 0.2) is 115 Å². The minimum Gasteiger partial charge on any atom is -0.368 e. The molecule has 4 rings (SSSR count). The lowest BCUT2D eigenvalue weighted by Gasteiger charge is -2.23. The number of hydrogen-bond donors (Lipinski definition) is 5. The van der Waals surface area contributed by atoms with E-state index >= 15 is 0 Å². The molecule has 1 unspecified atom stereocenters. The number of nitrogens with two attached hydrogens (primary N) is 1. The van der Waals surface area contributed by atoms with Gasteiger partial charge in [-0.3, -0.25) is 33.8 Å². The van der Waals surface area contributed by atoms with Crippen LogP contribution in [0.1, 0.15) is 29.3 Å². The lowest BCUT2D eigenvalue weighted by atomic mass is 10.0. The number of ketones is 1. The number of pyridine rings is 1. The van der Waals surface area contributed by atoms with E-state index in [1.807, 2.05) is 12.1 Å². The smallest absolute Gasteiger partial charge is 0.290 e. The monoisotopic (exact) mass is 676 g/mol. The number of carbonyl (C=O) groups is 6. The molecule has 0 saturated carbocycles. The van der Waals surface area contributed by atoms with Gasteiger partial charge in [-0.25, -0.2) is 0 Å². The summed E-state index contributed by atoms with van der Waals surface area (Å²) in [6.07, 6.45) is 1.74. The third-order valence-electron chi connectivity index (χ3n) is 7.82. The van der Waals surface area contributed by atoms with Gasteiger partial charge in [0.05, 0.1) is 12.5 Å². The molecule has 5 amide bonds. The molecule has 6 N–H and O–H groups in total. The maximum Gasteiger partial charge on any atom is 0.290 e. The molecule has 1 heterocycles. The molecule has 4 atom stereocenters. The molecule has 0 radical (unpaired) electrons. The fraction of sp³-hybridized carbons (Fsp3) is 0.237. The summed E-state index contributed by atoms with van der Waals surface area (Å²) in [7, 11) is 0. The number of Topliss-reactive ketones (excluding diaryl/α,β-unsaturated/α-hetero) is 1. The van der Waals surface area contributed by atoms with Crippen LogP contribution in [0.3, 0.4) is 0 Å². The van der Waals surface area contributed by atoms with E-state index < -0.39 is 59.5 Å². The van der Waals surface area contributed by atoms with Gasteiger partial charge in [-0.1, -0.05) is 97.1 Å². The summed E-state index contributed by atoms with van der Waals surface area (Å²) in [5.41, 5.74) is 8.32. The zero-order valence-electron chi connectivity index (χ0n) is 27.6. The van der Waals surface area contributed by atoms with Crippen molar-refractivity contribution in [1.29, 1.82) is 0 Å². The summed E-state index contributed by atoms with van der Waals surface area (Å²) in [4.78, 5) is 82.9. The maximum atomic E-state index is 13.5. The lowest BCUT2D eigenvalue weighted by Crippen LogP contribution is -2.57. The van der Waals surface area contributed by atoms with Crippen LogP contribution in [0.2, 0.25) is 0 Å². The van der Waals surface area contributed by atoms with Gasteiger partial charge in [-0.15, -0.1) is 0 Å². The van der Waals surface area contributed by atoms with Gasteiger partial charge < -0.3 is 27.0 Å². The van der Waals surface area contributed by atoms with Gasteiger partial charge in [-0.2, -0.15) is 0 Å². The molecule has 0 spiro atoms. The summed E-state index contributed by atoms with van der Waals surface area (Å²) in [5.74, 6) is -4.75. The number of nitrogens with zero attached hydrogens (tertiary/aromatic N) is 1. The standard InChI is InChI=1S/C38H40N6O6/c1-25(41-36(48)32(24-29-19-11-12-20-40-29)42-33(45)23-28-17-9-4-10-18-28)34(46)38(50)44-31(22-27-15-7-3-8-16-27)37(49)43-30(35(39)47)21-26-13-5-2-6-14-26/h2-20,25,30-32H,21-24H2,1H3,(H2,39,47)(H,41,48)(H,42,45)(H,43,49)(H,44,50)/t25?,30-,31-,32-/m0/s1. The highest BCUT2D eigenvalue weighted by molar-refractivity contribution is 6.38. The molecule has 0 bridgehead atoms. The van der Waals surface area contributed by atoms with E-state index in [4.69, 9.17) is 5.73 Å². The molecule has 50 heavy (non-hydrogen) atoms. The molecule has 0 fully saturated rings. The summed E-state index contributed by atoms with van der Waals surface area (Å²) in [5, 5.41) is 10.3. The first kappa shape index (κ1) is 36.7. The Balaban J connectivity index is 1.44. The Hall–Kier alpha value is -6.17. The molecule has 0 saturated heterocycles. The van der Waals surface area contributed by atoms with E-state index in [-0.39, 0.29) is 25.7 Å². The Bertz CT molecular complexity index is 1760. The highest BCUT2D eigenvalue weighted by Gasteiger charge is 2.32. The average Bonchev–Trinajstić information content (AvgIpc) is 3.12. The van der Waals surface area contributed by atoms with Crippen molar-refractivity contribution in [2.75, 3.05) is 0 Å². The van der Waals surface area contributed by atoms with Crippen molar-refractivity contribution in [1.82, 2.24) is 26.3 Å². The first-order valence-electron chi connectivity index (χ1n) is 16.1. The fourth-order valence-electron chi connectivity index (χ4n) is 5.17. The van der Waals surface area contributed by atoms with Crippen LogP contribution in [0, 0.1) is 0 Å². The molecule has 1 aromatic heterocycles. The van der Waals surface area contributed by atoms with Crippen molar-refractivity contribution in [2.24, 2.45) is 5.73 Å². The second kappa shape index (κ2) is 18.4. The highest BCUT2D eigenvalue weighted by Crippen LogP contribution is 2.08. The second-order valence-electron chi connectivity index (χ2n) is 11.8. The van der Waals surface area contributed by atoms with E-state index in [9.17, 15) is 28.8 Å². The normalized spacial score (nSPS) is 13.1. The van der Waals surface area contributed by atoms with Gasteiger partial charge in [0.25, 0.3) is 5.91 Å². The minimum absolute atomic E-state index is 0.00283. The number of amides is 5. The Morgan fingerprint density at radius 3 is 1.62 bits per heavy atom. The van der Waals surface area contributed by atoms with Crippen LogP contribution in [-0.4, -0.2) is 64.5 Å². The largest absolute Gasteiger partial charge is 0.368 e. The zero-order chi connectivity index (χ0) is 35.9. The number of carbonyl (C=O) groups excluding carboxylic acids is 6. The SMILES string of the molecule is CC(NC(=O)[C@H](Cc1ccccn1)NC(=O)Cc1ccccc1)C(=O)C(=O)N[C@@H](Cc1ccccc1)C(=O)N[C@@H](Cc1ccccc1)C(N)=O. The number of nitrogens with one attached hydrogen (secondary N) is 4. The predicted octanol–water partition coefficient (Wildman–Crippen LogP) is 1.37. The van der Waals surface area contributed by atoms with Crippen molar-refractivity contribution in [3.63, 3.8) is 0 Å². The van der Waals surface area contributed by atoms with Crippen molar-refractivity contribution < 1.29 is 28.8 Å². The van der Waals surface area contributed by atoms with Crippen molar-refractivity contribution in [3.8, 4) is 0 Å². The second-order valence-corrected chi connectivity index (χ2v) is 11.8. The number of benzene rings is 3. The molecule has 0 aliphatic carbocycles. The molecular weight excluding hydrogens is 636 g/mol. The Kier molecular flexibility index (Phi) is 13.5. The van der Waals surface area contributed by atoms with E-state index in [1.165, 1.54) is 6.92 Å². The molecule has 258 valence electrons. The van der Waals surface area contributed by atoms with Crippen molar-refractivity contribution in [2.45, 2.75) is 56.8 Å². The van der Waals surface area contributed by atoms with Gasteiger partial charge in [0.1, 0.15) is 18.1 Å². The topological polar surface area (TPSA) is 189 Å². The maximum absolute atomic E-state index is 13.5. The first-order chi connectivity index (χ1) is 24.1. The molecule has 4 aromatic rings. The van der Waals surface area contributed by atoms with Crippen LogP contribution in [0.4, 0.5) is 0 Å². The van der Waals surface area contributed by atoms with Gasteiger partial charge >= 0.3 is 0 Å². The van der Waals surface area contributed by atoms with Crippen LogP contribution in [0.25, 0.3) is 0 Å². The Morgan fingerprint density at radius 2 is 1.08 bits per heavy atom. The number of primary amides is 1. The molecule has 0 aliphatic heterocycles. The third kappa shape index (κ3) is 11.5. The number of aromatic nitrogens is 1. The molecule has 3 aromatic carbocycles. The van der Waals surface area contributed by atoms with Gasteiger partial charge in [0.2, 0.25) is 29.4 Å². The summed E-state index contributed by atoms with van der Waals surface area (Å²) >= 11 is 0. The molecule has 12 nitrogen and oxygen atoms in total. The van der Waals surface area contributed by atoms with Gasteiger partial charge in [0, 0.05) is 31.2 Å². The zero-order valence-corrected chi connectivity index (χ0v) is 27.6. The van der Waals surface area contributed by atoms with Crippen molar-refractivity contribution >= 4 is 35.3 Å². The van der Waals surface area contributed by atoms with E-state index in [0.717, 1.165) is 11.1 Å². The van der Waals surface area contributed by atoms with Crippen LogP contribution < -0.4 is 27.0 Å². The van der Waals surface area contributed by atoms with Gasteiger partial charge in [0.15, 0.2) is 0 Å². The molecular formula is C38H40N6O6. The van der Waals surface area contributed by atoms with Crippen molar-refractivity contribution in [3.05, 3.63) is 138 Å². The van der Waals surface area contributed by atoms with E-state index in [0.29, 0.717) is 11.3 Å². The molecule has 0 aliphatic rings. The van der Waals surface area contributed by atoms with Crippen LogP contribution >= 0.6 is 0 Å². The Labute approximate surface area is 290 Å². The van der Waals surface area contributed by atoms with E-state index in [1.54, 1.807) is 103 Å². The summed E-state index contributed by atoms with van der Waals surface area (Å²) in [6.45, 7) is 1.33. The van der Waals surface area contributed by atoms with Gasteiger partial charge in [-0.05, 0) is 35.7 Å². The average molecular weight is 677 g/mol. The summed E-state index contributed by atoms with van der Waals surface area (Å²) < 4.78 is 0. The third-order valence-corrected chi connectivity index (χ3v) is 7.82. The predicted molar refractivity (Wildman–Crippen MR) is 186 cm³/mol. The lowest BCUT2D eigenvalue weighted by molar-refractivity contribution is -0.141. The quantitative estimate of drug-likeness (QED) is 0.104. The first-order valence-corrected chi connectivity index (χ1v) is 16.1. The number of hydrogen-bond acceptors (Lipinski definition) is 7. The minimum atomic E-state index is -1.32. The van der Waals surface area contributed by atoms with Crippen LogP contribution in [0.5, 0.6) is 0 Å². The fourth-order valence-corrected chi connectivity index (χ4v) is 5.17. The molecule has 12 heteroatoms. The highest BCUT2D eigenvalue weighted by atomic mass is 16.2. The van der Waals surface area contributed by atoms with Crippen LogP contribution in [-0.2, 0) is 54.5 Å².